The van der Waals surface area contributed by atoms with Crippen molar-refractivity contribution < 1.29 is 35.0 Å². The third-order valence-electron chi connectivity index (χ3n) is 2.22. The zero-order chi connectivity index (χ0) is 13.6. The third kappa shape index (κ3) is 6.11. The Morgan fingerprint density at radius 1 is 1.24 bits per heavy atom. The molecular formula is C8H18NO7P. The molecule has 8 nitrogen and oxygen atoms in total. The molecule has 102 valence electrons. The van der Waals surface area contributed by atoms with Crippen molar-refractivity contribution >= 4 is 14.2 Å². The minimum atomic E-state index is -2.26. The first-order valence-electron chi connectivity index (χ1n) is 4.93. The van der Waals surface area contributed by atoms with Crippen LogP contribution >= 0.6 is 7.80 Å². The van der Waals surface area contributed by atoms with Gasteiger partial charge in [0.1, 0.15) is 25.9 Å². The Morgan fingerprint density at radius 2 is 1.76 bits per heavy atom. The summed E-state index contributed by atoms with van der Waals surface area (Å²) in [6.45, 7) is 0.714. The fourth-order valence-electron chi connectivity index (χ4n) is 1.13. The highest BCUT2D eigenvalue weighted by atomic mass is 31.1. The molecule has 0 aliphatic carbocycles. The van der Waals surface area contributed by atoms with E-state index in [1.807, 2.05) is 0 Å². The Morgan fingerprint density at radius 3 is 2.18 bits per heavy atom. The highest BCUT2D eigenvalue weighted by Gasteiger charge is 2.28. The monoisotopic (exact) mass is 271 g/mol. The molecule has 0 bridgehead atoms. The number of amides is 1. The van der Waals surface area contributed by atoms with E-state index < -0.39 is 38.5 Å². The van der Waals surface area contributed by atoms with Gasteiger partial charge < -0.3 is 25.0 Å². The van der Waals surface area contributed by atoms with E-state index in [1.165, 1.54) is 6.66 Å². The third-order valence-corrected chi connectivity index (χ3v) is 3.39. The van der Waals surface area contributed by atoms with Crippen LogP contribution in [0.25, 0.3) is 0 Å². The average Bonchev–Trinajstić information content (AvgIpc) is 2.27. The number of aliphatic hydroxyl groups is 4. The molecule has 0 rings (SSSR count). The van der Waals surface area contributed by atoms with Gasteiger partial charge in [-0.1, -0.05) is 0 Å². The average molecular weight is 271 g/mol. The Labute approximate surface area is 98.8 Å². The Bertz CT molecular complexity index is 264. The summed E-state index contributed by atoms with van der Waals surface area (Å²) < 4.78 is 10.9. The van der Waals surface area contributed by atoms with Crippen molar-refractivity contribution in [3.63, 3.8) is 0 Å². The van der Waals surface area contributed by atoms with Crippen molar-refractivity contribution in [1.29, 1.82) is 0 Å². The summed E-state index contributed by atoms with van der Waals surface area (Å²) in [5, 5.41) is 46.2. The molecule has 0 aromatic heterocycles. The lowest BCUT2D eigenvalue weighted by Crippen LogP contribution is -2.44. The molecule has 0 aromatic carbocycles. The van der Waals surface area contributed by atoms with Crippen molar-refractivity contribution in [2.75, 3.05) is 13.2 Å². The van der Waals surface area contributed by atoms with E-state index in [0.29, 0.717) is 0 Å². The standard InChI is InChI=1S/C8H18NO7P/c1-17(16)7(13)2-5(11)8(14)6(12)3-9(15)4-10/h4-8,11-15,17H,2-3H2,1H3/t5-,6+,7?,8-/m1/s1. The van der Waals surface area contributed by atoms with Gasteiger partial charge in [-0.3, -0.25) is 10.0 Å². The molecule has 0 aromatic rings. The topological polar surface area (TPSA) is 139 Å². The van der Waals surface area contributed by atoms with Crippen LogP contribution in [0.5, 0.6) is 0 Å². The minimum absolute atomic E-state index is 0.0297. The molecule has 5 atom stereocenters. The minimum Gasteiger partial charge on any atom is -0.390 e. The van der Waals surface area contributed by atoms with E-state index in [2.05, 4.69) is 0 Å². The number of hydroxylamine groups is 2. The van der Waals surface area contributed by atoms with Gasteiger partial charge in [0.25, 0.3) is 0 Å². The maximum atomic E-state index is 10.9. The van der Waals surface area contributed by atoms with Gasteiger partial charge in [-0.2, -0.15) is 0 Å². The van der Waals surface area contributed by atoms with E-state index >= 15 is 0 Å². The van der Waals surface area contributed by atoms with Gasteiger partial charge in [0.15, 0.2) is 0 Å². The molecule has 0 aliphatic heterocycles. The summed E-state index contributed by atoms with van der Waals surface area (Å²) in [6, 6.07) is 0. The number of hydrogen-bond acceptors (Lipinski definition) is 7. The lowest BCUT2D eigenvalue weighted by atomic mass is 10.1. The molecular weight excluding hydrogens is 253 g/mol. The number of aliphatic hydroxyl groups excluding tert-OH is 4. The Hall–Kier alpha value is -0.500. The van der Waals surface area contributed by atoms with Crippen LogP contribution in [0.3, 0.4) is 0 Å². The summed E-state index contributed by atoms with van der Waals surface area (Å²) in [4.78, 5) is 10.0. The summed E-state index contributed by atoms with van der Waals surface area (Å²) in [5.41, 5.74) is 0. The van der Waals surface area contributed by atoms with Crippen LogP contribution in [0.2, 0.25) is 0 Å². The summed E-state index contributed by atoms with van der Waals surface area (Å²) in [6.07, 6.45) is -5.08. The first-order chi connectivity index (χ1) is 7.79. The molecule has 5 N–H and O–H groups in total. The van der Waals surface area contributed by atoms with Crippen molar-refractivity contribution in [2.24, 2.45) is 0 Å². The molecule has 0 radical (unpaired) electrons. The van der Waals surface area contributed by atoms with Gasteiger partial charge in [-0.25, -0.2) is 5.06 Å². The van der Waals surface area contributed by atoms with Gasteiger partial charge in [-0.15, -0.1) is 0 Å². The van der Waals surface area contributed by atoms with Crippen LogP contribution in [0.4, 0.5) is 0 Å². The molecule has 0 spiro atoms. The van der Waals surface area contributed by atoms with Gasteiger partial charge in [-0.05, 0) is 6.66 Å². The fourth-order valence-corrected chi connectivity index (χ4v) is 1.71. The summed E-state index contributed by atoms with van der Waals surface area (Å²) in [7, 11) is -2.26. The molecule has 1 amide bonds. The lowest BCUT2D eigenvalue weighted by Gasteiger charge is -2.25. The lowest BCUT2D eigenvalue weighted by molar-refractivity contribution is -0.163. The van der Waals surface area contributed by atoms with Crippen LogP contribution in [0.1, 0.15) is 6.42 Å². The largest absolute Gasteiger partial charge is 0.390 e. The first-order valence-corrected chi connectivity index (χ1v) is 6.91. The van der Waals surface area contributed by atoms with Crippen LogP contribution < -0.4 is 0 Å². The maximum Gasteiger partial charge on any atom is 0.233 e. The summed E-state index contributed by atoms with van der Waals surface area (Å²) >= 11 is 0. The van der Waals surface area contributed by atoms with Crippen LogP contribution in [-0.2, 0) is 9.36 Å². The van der Waals surface area contributed by atoms with Gasteiger partial charge in [0.05, 0.1) is 12.6 Å². The van der Waals surface area contributed by atoms with Crippen molar-refractivity contribution in [3.05, 3.63) is 0 Å². The highest BCUT2D eigenvalue weighted by Crippen LogP contribution is 2.25. The predicted molar refractivity (Wildman–Crippen MR) is 58.1 cm³/mol. The van der Waals surface area contributed by atoms with E-state index in [-0.39, 0.29) is 17.9 Å². The van der Waals surface area contributed by atoms with E-state index in [0.717, 1.165) is 0 Å². The number of carbonyl (C=O) groups excluding carboxylic acids is 1. The SMILES string of the molecule is C[PH](=O)C(O)C[C@@H](O)[C@@H](O)[C@@H](O)CN(O)C=O. The Balaban J connectivity index is 4.23. The number of hydrogen-bond donors (Lipinski definition) is 5. The zero-order valence-corrected chi connectivity index (χ0v) is 10.3. The molecule has 0 fully saturated rings. The van der Waals surface area contributed by atoms with Crippen LogP contribution in [-0.4, -0.2) is 74.5 Å². The molecule has 0 heterocycles. The fraction of sp³-hybridized carbons (Fsp3) is 0.875. The van der Waals surface area contributed by atoms with Crippen molar-refractivity contribution in [1.82, 2.24) is 5.06 Å². The quantitative estimate of drug-likeness (QED) is 0.146. The van der Waals surface area contributed by atoms with E-state index in [1.54, 1.807) is 0 Å². The summed E-state index contributed by atoms with van der Waals surface area (Å²) in [5.74, 6) is -1.26. The molecule has 9 heteroatoms. The molecule has 17 heavy (non-hydrogen) atoms. The number of nitrogens with zero attached hydrogens (tertiary/aromatic N) is 1. The zero-order valence-electron chi connectivity index (χ0n) is 9.30. The number of rotatable bonds is 8. The van der Waals surface area contributed by atoms with Gasteiger partial charge >= 0.3 is 0 Å². The maximum absolute atomic E-state index is 10.9. The van der Waals surface area contributed by atoms with Gasteiger partial charge in [0, 0.05) is 6.42 Å². The van der Waals surface area contributed by atoms with Gasteiger partial charge in [0.2, 0.25) is 6.41 Å². The molecule has 0 aliphatic rings. The van der Waals surface area contributed by atoms with E-state index in [9.17, 15) is 29.8 Å². The predicted octanol–water partition coefficient (Wildman–Crippen LogP) is -2.19. The molecule has 0 saturated carbocycles. The Kier molecular flexibility index (Phi) is 7.53. The van der Waals surface area contributed by atoms with Crippen LogP contribution in [0.15, 0.2) is 0 Å². The second-order valence-electron chi connectivity index (χ2n) is 3.71. The van der Waals surface area contributed by atoms with Crippen molar-refractivity contribution in [2.45, 2.75) is 30.6 Å². The van der Waals surface area contributed by atoms with E-state index in [4.69, 9.17) is 5.21 Å². The second kappa shape index (κ2) is 7.75. The number of carbonyl (C=O) groups is 1. The molecule has 2 unspecified atom stereocenters. The highest BCUT2D eigenvalue weighted by molar-refractivity contribution is 7.44. The van der Waals surface area contributed by atoms with Crippen LogP contribution in [0, 0.1) is 0 Å². The van der Waals surface area contributed by atoms with Crippen molar-refractivity contribution in [3.8, 4) is 0 Å². The molecule has 0 saturated heterocycles. The normalized spacial score (nSPS) is 20.1. The first kappa shape index (κ1) is 16.5. The second-order valence-corrected chi connectivity index (χ2v) is 5.60. The smallest absolute Gasteiger partial charge is 0.233 e.